The van der Waals surface area contributed by atoms with E-state index in [0.29, 0.717) is 12.9 Å². The van der Waals surface area contributed by atoms with Gasteiger partial charge in [0.05, 0.1) is 20.3 Å². The minimum absolute atomic E-state index is 0.0170. The maximum Gasteiger partial charge on any atom is 0.338 e. The number of carbonyl (C=O) groups excluding carboxylic acids is 3. The number of ether oxygens (including phenoxy) is 4. The molecule has 1 aliphatic rings. The Hall–Kier alpha value is -3.07. The maximum atomic E-state index is 13.6. The summed E-state index contributed by atoms with van der Waals surface area (Å²) in [5, 5.41) is 0. The van der Waals surface area contributed by atoms with E-state index in [-0.39, 0.29) is 13.2 Å². The molecular formula is C25H29NO7. The Labute approximate surface area is 193 Å². The third-order valence-electron chi connectivity index (χ3n) is 5.21. The SMILES string of the molecule is COC(=O)[C@@H]1OC(C)(C)O[C@H]1C(=O)N(Cc1ccccc1)[C@H](C=O)COCc1ccccc1. The van der Waals surface area contributed by atoms with Gasteiger partial charge < -0.3 is 28.6 Å². The van der Waals surface area contributed by atoms with Gasteiger partial charge in [0.2, 0.25) is 0 Å². The van der Waals surface area contributed by atoms with Crippen LogP contribution in [0.4, 0.5) is 0 Å². The van der Waals surface area contributed by atoms with Crippen molar-refractivity contribution in [3.63, 3.8) is 0 Å². The van der Waals surface area contributed by atoms with Crippen LogP contribution >= 0.6 is 0 Å². The molecule has 0 saturated carbocycles. The predicted molar refractivity (Wildman–Crippen MR) is 119 cm³/mol. The molecule has 1 fully saturated rings. The Bertz CT molecular complexity index is 932. The Balaban J connectivity index is 1.81. The molecule has 2 aromatic carbocycles. The molecule has 0 aromatic heterocycles. The molecule has 1 amide bonds. The summed E-state index contributed by atoms with van der Waals surface area (Å²) in [4.78, 5) is 39.3. The second-order valence-corrected chi connectivity index (χ2v) is 8.16. The van der Waals surface area contributed by atoms with Crippen LogP contribution in [0.1, 0.15) is 25.0 Å². The fraction of sp³-hybridized carbons (Fsp3) is 0.400. The van der Waals surface area contributed by atoms with Gasteiger partial charge in [-0.3, -0.25) is 4.79 Å². The van der Waals surface area contributed by atoms with Crippen molar-refractivity contribution in [2.75, 3.05) is 13.7 Å². The Morgan fingerprint density at radius 1 is 1.00 bits per heavy atom. The Kier molecular flexibility index (Phi) is 8.32. The quantitative estimate of drug-likeness (QED) is 0.402. The van der Waals surface area contributed by atoms with Gasteiger partial charge in [-0.15, -0.1) is 0 Å². The smallest absolute Gasteiger partial charge is 0.338 e. The lowest BCUT2D eigenvalue weighted by atomic mass is 10.1. The maximum absolute atomic E-state index is 13.6. The summed E-state index contributed by atoms with van der Waals surface area (Å²) in [6.45, 7) is 3.62. The van der Waals surface area contributed by atoms with Gasteiger partial charge in [0.1, 0.15) is 12.3 Å². The van der Waals surface area contributed by atoms with Gasteiger partial charge in [-0.2, -0.15) is 0 Å². The Morgan fingerprint density at radius 2 is 1.58 bits per heavy atom. The van der Waals surface area contributed by atoms with Gasteiger partial charge in [0.15, 0.2) is 18.0 Å². The predicted octanol–water partition coefficient (Wildman–Crippen LogP) is 2.49. The third kappa shape index (κ3) is 6.47. The average Bonchev–Trinajstić information content (AvgIpc) is 3.16. The van der Waals surface area contributed by atoms with E-state index in [9.17, 15) is 14.4 Å². The van der Waals surface area contributed by atoms with E-state index in [4.69, 9.17) is 18.9 Å². The van der Waals surface area contributed by atoms with Crippen molar-refractivity contribution >= 4 is 18.2 Å². The molecule has 0 N–H and O–H groups in total. The summed E-state index contributed by atoms with van der Waals surface area (Å²) in [6.07, 6.45) is -1.83. The zero-order chi connectivity index (χ0) is 23.8. The van der Waals surface area contributed by atoms with Gasteiger partial charge in [-0.05, 0) is 25.0 Å². The topological polar surface area (TPSA) is 91.4 Å². The third-order valence-corrected chi connectivity index (χ3v) is 5.21. The standard InChI is InChI=1S/C25H29NO7/c1-25(2)32-21(22(33-25)24(29)30-3)23(28)26(14-18-10-6-4-7-11-18)20(15-27)17-31-16-19-12-8-5-9-13-19/h4-13,15,20-22H,14,16-17H2,1-3H3/t20-,21-,22-/m1/s1. The first-order valence-electron chi connectivity index (χ1n) is 10.7. The zero-order valence-corrected chi connectivity index (χ0v) is 19.0. The van der Waals surface area contributed by atoms with Gasteiger partial charge in [-0.1, -0.05) is 60.7 Å². The highest BCUT2D eigenvalue weighted by atomic mass is 16.8. The molecule has 176 valence electrons. The molecule has 3 rings (SSSR count). The molecule has 0 aliphatic carbocycles. The highest BCUT2D eigenvalue weighted by Gasteiger charge is 2.51. The first-order valence-corrected chi connectivity index (χ1v) is 10.7. The van der Waals surface area contributed by atoms with Crippen molar-refractivity contribution in [2.24, 2.45) is 0 Å². The molecule has 8 nitrogen and oxygen atoms in total. The lowest BCUT2D eigenvalue weighted by molar-refractivity contribution is -0.170. The first-order chi connectivity index (χ1) is 15.8. The van der Waals surface area contributed by atoms with E-state index in [0.717, 1.165) is 11.1 Å². The number of amides is 1. The molecule has 2 aromatic rings. The summed E-state index contributed by atoms with van der Waals surface area (Å²) in [7, 11) is 1.21. The van der Waals surface area contributed by atoms with Crippen molar-refractivity contribution in [1.82, 2.24) is 4.90 Å². The van der Waals surface area contributed by atoms with Crippen molar-refractivity contribution in [2.45, 2.75) is 51.0 Å². The van der Waals surface area contributed by atoms with Crippen molar-refractivity contribution in [1.29, 1.82) is 0 Å². The average molecular weight is 456 g/mol. The first kappa shape index (κ1) is 24.6. The highest BCUT2D eigenvalue weighted by molar-refractivity contribution is 5.90. The summed E-state index contributed by atoms with van der Waals surface area (Å²) in [6, 6.07) is 17.9. The van der Waals surface area contributed by atoms with Crippen LogP contribution in [-0.2, 0) is 46.5 Å². The zero-order valence-electron chi connectivity index (χ0n) is 19.0. The van der Waals surface area contributed by atoms with E-state index in [1.54, 1.807) is 13.8 Å². The minimum atomic E-state index is -1.26. The number of hydrogen-bond acceptors (Lipinski definition) is 7. The number of methoxy groups -OCH3 is 1. The Morgan fingerprint density at radius 3 is 2.15 bits per heavy atom. The second kappa shape index (κ2) is 11.2. The number of carbonyl (C=O) groups is 3. The molecule has 0 radical (unpaired) electrons. The number of hydrogen-bond donors (Lipinski definition) is 0. The van der Waals surface area contributed by atoms with Gasteiger partial charge in [0.25, 0.3) is 5.91 Å². The van der Waals surface area contributed by atoms with Crippen LogP contribution in [0, 0.1) is 0 Å². The van der Waals surface area contributed by atoms with Crippen molar-refractivity contribution in [3.05, 3.63) is 71.8 Å². The molecule has 8 heteroatoms. The molecule has 0 bridgehead atoms. The van der Waals surface area contributed by atoms with Gasteiger partial charge >= 0.3 is 5.97 Å². The molecule has 3 atom stereocenters. The van der Waals surface area contributed by atoms with Crippen LogP contribution in [0.15, 0.2) is 60.7 Å². The van der Waals surface area contributed by atoms with E-state index < -0.39 is 35.9 Å². The van der Waals surface area contributed by atoms with Crippen LogP contribution in [0.25, 0.3) is 0 Å². The fourth-order valence-corrected chi connectivity index (χ4v) is 3.61. The van der Waals surface area contributed by atoms with Crippen molar-refractivity contribution in [3.8, 4) is 0 Å². The molecule has 1 saturated heterocycles. The largest absolute Gasteiger partial charge is 0.467 e. The van der Waals surface area contributed by atoms with Crippen LogP contribution in [-0.4, -0.2) is 60.8 Å². The number of nitrogens with zero attached hydrogens (tertiary/aromatic N) is 1. The van der Waals surface area contributed by atoms with Gasteiger partial charge in [-0.25, -0.2) is 4.79 Å². The van der Waals surface area contributed by atoms with Crippen molar-refractivity contribution < 1.29 is 33.3 Å². The van der Waals surface area contributed by atoms with E-state index in [1.165, 1.54) is 12.0 Å². The molecule has 0 spiro atoms. The lowest BCUT2D eigenvalue weighted by Crippen LogP contribution is -2.51. The molecule has 0 unspecified atom stereocenters. The summed E-state index contributed by atoms with van der Waals surface area (Å²) >= 11 is 0. The molecule has 1 aliphatic heterocycles. The van der Waals surface area contributed by atoms with E-state index in [1.807, 2.05) is 60.7 Å². The molecular weight excluding hydrogens is 426 g/mol. The number of rotatable bonds is 10. The normalized spacial score (nSPS) is 20.1. The molecule has 33 heavy (non-hydrogen) atoms. The van der Waals surface area contributed by atoms with Gasteiger partial charge in [0, 0.05) is 6.54 Å². The minimum Gasteiger partial charge on any atom is -0.467 e. The van der Waals surface area contributed by atoms with E-state index in [2.05, 4.69) is 0 Å². The van der Waals surface area contributed by atoms with Crippen LogP contribution in [0.3, 0.4) is 0 Å². The monoisotopic (exact) mass is 455 g/mol. The fourth-order valence-electron chi connectivity index (χ4n) is 3.61. The highest BCUT2D eigenvalue weighted by Crippen LogP contribution is 2.31. The number of benzene rings is 2. The number of aldehydes is 1. The van der Waals surface area contributed by atoms with Crippen LogP contribution in [0.2, 0.25) is 0 Å². The summed E-state index contributed by atoms with van der Waals surface area (Å²) < 4.78 is 21.9. The number of esters is 1. The summed E-state index contributed by atoms with van der Waals surface area (Å²) in [5.41, 5.74) is 1.76. The van der Waals surface area contributed by atoms with E-state index >= 15 is 0 Å². The lowest BCUT2D eigenvalue weighted by Gasteiger charge is -2.31. The molecule has 1 heterocycles. The second-order valence-electron chi connectivity index (χ2n) is 8.16. The van der Waals surface area contributed by atoms with Crippen LogP contribution < -0.4 is 0 Å². The summed E-state index contributed by atoms with van der Waals surface area (Å²) in [5.74, 6) is -2.44. The van der Waals surface area contributed by atoms with Crippen LogP contribution in [0.5, 0.6) is 0 Å².